The Kier molecular flexibility index (Phi) is 18.0. The van der Waals surface area contributed by atoms with Crippen molar-refractivity contribution >= 4 is 17.3 Å². The number of hydrogen-bond donors (Lipinski definition) is 1. The lowest BCUT2D eigenvalue weighted by atomic mass is 10.00. The third-order valence-corrected chi connectivity index (χ3v) is 5.42. The first-order chi connectivity index (χ1) is 18.4. The van der Waals surface area contributed by atoms with Crippen molar-refractivity contribution in [1.29, 1.82) is 5.26 Å². The van der Waals surface area contributed by atoms with Crippen LogP contribution in [0.4, 0.5) is 5.69 Å². The Morgan fingerprint density at radius 2 is 1.66 bits per heavy atom. The summed E-state index contributed by atoms with van der Waals surface area (Å²) in [6.07, 6.45) is 12.7. The largest absolute Gasteiger partial charge is 0.397 e. The SMILES string of the molecule is C=C/C=C(\CCC)c1ccc(C#N)cc1.CC.CC.CC/C(C)=C/c1c(-c2ccc(N)cn2)ccnc1C. The number of anilines is 1. The van der Waals surface area contributed by atoms with Gasteiger partial charge in [0.05, 0.1) is 29.2 Å². The van der Waals surface area contributed by atoms with E-state index in [2.05, 4.69) is 49.5 Å². The third-order valence-electron chi connectivity index (χ3n) is 5.42. The number of nitrogen functional groups attached to an aromatic ring is 1. The summed E-state index contributed by atoms with van der Waals surface area (Å²) in [7, 11) is 0. The molecule has 0 unspecified atom stereocenters. The summed E-state index contributed by atoms with van der Waals surface area (Å²) in [5.74, 6) is 0. The lowest BCUT2D eigenvalue weighted by Gasteiger charge is -2.09. The summed E-state index contributed by atoms with van der Waals surface area (Å²) in [6, 6.07) is 15.6. The van der Waals surface area contributed by atoms with Gasteiger partial charge in [0.1, 0.15) is 0 Å². The first-order valence-electron chi connectivity index (χ1n) is 13.6. The van der Waals surface area contributed by atoms with Crippen LogP contribution >= 0.6 is 0 Å². The minimum absolute atomic E-state index is 0.677. The van der Waals surface area contributed by atoms with Crippen LogP contribution in [0.2, 0.25) is 0 Å². The lowest BCUT2D eigenvalue weighted by molar-refractivity contribution is 0.973. The molecule has 0 aliphatic rings. The molecule has 38 heavy (non-hydrogen) atoms. The lowest BCUT2D eigenvalue weighted by Crippen LogP contribution is -1.94. The molecule has 0 radical (unpaired) electrons. The normalized spacial score (nSPS) is 10.4. The molecule has 3 aromatic rings. The molecule has 202 valence electrons. The molecule has 2 heterocycles. The topological polar surface area (TPSA) is 75.6 Å². The Labute approximate surface area is 231 Å². The van der Waals surface area contributed by atoms with Crippen LogP contribution in [-0.4, -0.2) is 9.97 Å². The summed E-state index contributed by atoms with van der Waals surface area (Å²) in [5, 5.41) is 8.69. The van der Waals surface area contributed by atoms with Gasteiger partial charge in [-0.05, 0) is 68.2 Å². The van der Waals surface area contributed by atoms with Crippen molar-refractivity contribution < 1.29 is 0 Å². The zero-order valence-corrected chi connectivity index (χ0v) is 24.7. The second kappa shape index (κ2) is 20.1. The number of allylic oxidation sites excluding steroid dienone is 4. The molecule has 0 bridgehead atoms. The highest BCUT2D eigenvalue weighted by Crippen LogP contribution is 2.26. The van der Waals surface area contributed by atoms with Gasteiger partial charge in [-0.3, -0.25) is 9.97 Å². The highest BCUT2D eigenvalue weighted by Gasteiger charge is 2.08. The van der Waals surface area contributed by atoms with Crippen LogP contribution in [0.3, 0.4) is 0 Å². The Hall–Kier alpha value is -3.97. The van der Waals surface area contributed by atoms with Gasteiger partial charge in [0.15, 0.2) is 0 Å². The van der Waals surface area contributed by atoms with Crippen LogP contribution in [-0.2, 0) is 0 Å². The van der Waals surface area contributed by atoms with Crippen LogP contribution in [0.15, 0.2) is 79.2 Å². The van der Waals surface area contributed by atoms with Crippen molar-refractivity contribution in [1.82, 2.24) is 9.97 Å². The first kappa shape index (κ1) is 34.0. The molecule has 0 fully saturated rings. The second-order valence-electron chi connectivity index (χ2n) is 8.05. The molecule has 0 atom stereocenters. The molecule has 0 saturated carbocycles. The van der Waals surface area contributed by atoms with E-state index in [1.807, 2.05) is 95.4 Å². The van der Waals surface area contributed by atoms with Gasteiger partial charge >= 0.3 is 0 Å². The van der Waals surface area contributed by atoms with Gasteiger partial charge in [0, 0.05) is 23.0 Å². The van der Waals surface area contributed by atoms with Crippen molar-refractivity contribution in [3.05, 3.63) is 102 Å². The third kappa shape index (κ3) is 11.4. The Balaban J connectivity index is 0.000000651. The molecule has 0 aliphatic heterocycles. The Morgan fingerprint density at radius 1 is 1.00 bits per heavy atom. The number of nitrogens with zero attached hydrogens (tertiary/aromatic N) is 3. The molecule has 2 N–H and O–H groups in total. The summed E-state index contributed by atoms with van der Waals surface area (Å²) in [6.45, 7) is 20.2. The van der Waals surface area contributed by atoms with Gasteiger partial charge in [-0.25, -0.2) is 0 Å². The average Bonchev–Trinajstić information content (AvgIpc) is 2.97. The Morgan fingerprint density at radius 3 is 2.16 bits per heavy atom. The maximum absolute atomic E-state index is 8.69. The molecule has 0 saturated heterocycles. The van der Waals surface area contributed by atoms with Crippen LogP contribution in [0.1, 0.15) is 90.1 Å². The van der Waals surface area contributed by atoms with Gasteiger partial charge in [-0.2, -0.15) is 5.26 Å². The van der Waals surface area contributed by atoms with E-state index in [1.165, 1.54) is 16.7 Å². The summed E-state index contributed by atoms with van der Waals surface area (Å²) < 4.78 is 0. The average molecular weight is 511 g/mol. The molecule has 4 nitrogen and oxygen atoms in total. The minimum Gasteiger partial charge on any atom is -0.397 e. The van der Waals surface area contributed by atoms with Gasteiger partial charge in [0.2, 0.25) is 0 Å². The minimum atomic E-state index is 0.677. The predicted molar refractivity (Wildman–Crippen MR) is 167 cm³/mol. The fourth-order valence-electron chi connectivity index (χ4n) is 3.39. The van der Waals surface area contributed by atoms with E-state index in [1.54, 1.807) is 6.20 Å². The number of aromatic nitrogens is 2. The number of nitriles is 1. The molecule has 0 amide bonds. The number of benzene rings is 1. The van der Waals surface area contributed by atoms with Crippen LogP contribution < -0.4 is 5.73 Å². The molecule has 1 aromatic carbocycles. The maximum Gasteiger partial charge on any atom is 0.0991 e. The van der Waals surface area contributed by atoms with Crippen molar-refractivity contribution in [3.63, 3.8) is 0 Å². The molecular formula is C34H46N4. The Bertz CT molecular complexity index is 1180. The van der Waals surface area contributed by atoms with Crippen LogP contribution in [0, 0.1) is 18.3 Å². The predicted octanol–water partition coefficient (Wildman–Crippen LogP) is 9.83. The molecule has 2 aromatic heterocycles. The molecule has 4 heteroatoms. The number of nitrogens with two attached hydrogens (primary N) is 1. The standard InChI is InChI=1S/C16H19N3.C14H15N.2C2H6/c1-4-11(2)9-15-12(3)18-8-7-14(15)16-6-5-13(17)10-19-16;1-3-5-13(6-4-2)14-9-7-12(11-15)8-10-14;2*1-2/h5-10H,4,17H2,1-3H3;3,5,7-10H,1,4,6H2,2H3;2*1-2H3/b11-9+;13-5+;;. The zero-order valence-electron chi connectivity index (χ0n) is 24.7. The van der Waals surface area contributed by atoms with Gasteiger partial charge in [-0.15, -0.1) is 0 Å². The van der Waals surface area contributed by atoms with E-state index < -0.39 is 0 Å². The molecule has 0 spiro atoms. The van der Waals surface area contributed by atoms with Crippen LogP contribution in [0.5, 0.6) is 0 Å². The van der Waals surface area contributed by atoms with E-state index in [0.717, 1.165) is 41.8 Å². The highest BCUT2D eigenvalue weighted by atomic mass is 14.7. The van der Waals surface area contributed by atoms with Gasteiger partial charge in [-0.1, -0.05) is 90.5 Å². The van der Waals surface area contributed by atoms with E-state index in [0.29, 0.717) is 11.3 Å². The number of hydrogen-bond acceptors (Lipinski definition) is 4. The fourth-order valence-corrected chi connectivity index (χ4v) is 3.39. The summed E-state index contributed by atoms with van der Waals surface area (Å²) in [4.78, 5) is 8.77. The summed E-state index contributed by atoms with van der Waals surface area (Å²) >= 11 is 0. The molecular weight excluding hydrogens is 464 g/mol. The highest BCUT2D eigenvalue weighted by molar-refractivity contribution is 5.75. The number of rotatable bonds is 7. The van der Waals surface area contributed by atoms with Crippen molar-refractivity contribution in [3.8, 4) is 17.3 Å². The van der Waals surface area contributed by atoms with E-state index in [-0.39, 0.29) is 0 Å². The van der Waals surface area contributed by atoms with E-state index in [9.17, 15) is 0 Å². The van der Waals surface area contributed by atoms with Crippen molar-refractivity contribution in [2.24, 2.45) is 0 Å². The summed E-state index contributed by atoms with van der Waals surface area (Å²) in [5.41, 5.74) is 15.0. The fraction of sp³-hybridized carbons (Fsp3) is 0.324. The second-order valence-corrected chi connectivity index (χ2v) is 8.05. The maximum atomic E-state index is 8.69. The van der Waals surface area contributed by atoms with Gasteiger partial charge < -0.3 is 5.73 Å². The van der Waals surface area contributed by atoms with E-state index >= 15 is 0 Å². The van der Waals surface area contributed by atoms with Crippen molar-refractivity contribution in [2.75, 3.05) is 5.73 Å². The van der Waals surface area contributed by atoms with E-state index in [4.69, 9.17) is 11.0 Å². The van der Waals surface area contributed by atoms with Crippen LogP contribution in [0.25, 0.3) is 22.9 Å². The van der Waals surface area contributed by atoms with Gasteiger partial charge in [0.25, 0.3) is 0 Å². The zero-order chi connectivity index (χ0) is 28.9. The number of aryl methyl sites for hydroxylation is 1. The van der Waals surface area contributed by atoms with Crippen molar-refractivity contribution in [2.45, 2.75) is 74.7 Å². The smallest absolute Gasteiger partial charge is 0.0991 e. The molecule has 0 aliphatic carbocycles. The monoisotopic (exact) mass is 510 g/mol. The quantitative estimate of drug-likeness (QED) is 0.321. The number of pyridine rings is 2. The molecule has 3 rings (SSSR count). The first-order valence-corrected chi connectivity index (χ1v) is 13.6.